The first-order chi connectivity index (χ1) is 10.6. The van der Waals surface area contributed by atoms with E-state index in [2.05, 4.69) is 0 Å². The van der Waals surface area contributed by atoms with E-state index in [4.69, 9.17) is 17.3 Å². The molecule has 2 aliphatic rings. The monoisotopic (exact) mass is 377 g/mol. The molecule has 0 aliphatic carbocycles. The van der Waals surface area contributed by atoms with Crippen LogP contribution in [0.25, 0.3) is 0 Å². The quantitative estimate of drug-likeness (QED) is 0.877. The summed E-state index contributed by atoms with van der Waals surface area (Å²) >= 11 is 7.24. The third-order valence-electron chi connectivity index (χ3n) is 4.58. The second-order valence-corrected chi connectivity index (χ2v) is 7.60. The predicted octanol–water partition coefficient (Wildman–Crippen LogP) is 2.24. The first-order valence-electron chi connectivity index (χ1n) is 7.64. The molecular formula is C15H21Cl2N3O2S. The molecule has 0 aromatic carbocycles. The highest BCUT2D eigenvalue weighted by Crippen LogP contribution is 2.32. The van der Waals surface area contributed by atoms with Crippen molar-refractivity contribution < 1.29 is 9.59 Å². The molecule has 5 nitrogen and oxygen atoms in total. The summed E-state index contributed by atoms with van der Waals surface area (Å²) in [4.78, 5) is 29.1. The fourth-order valence-electron chi connectivity index (χ4n) is 3.55. The van der Waals surface area contributed by atoms with E-state index in [0.717, 1.165) is 12.8 Å². The highest BCUT2D eigenvalue weighted by molar-refractivity contribution is 7.17. The van der Waals surface area contributed by atoms with E-state index >= 15 is 0 Å². The van der Waals surface area contributed by atoms with Crippen molar-refractivity contribution in [1.82, 2.24) is 9.80 Å². The average Bonchev–Trinajstić information content (AvgIpc) is 2.95. The Balaban J connectivity index is 0.00000192. The molecule has 2 aliphatic heterocycles. The van der Waals surface area contributed by atoms with E-state index in [-0.39, 0.29) is 30.3 Å². The third-order valence-corrected chi connectivity index (χ3v) is 5.80. The van der Waals surface area contributed by atoms with E-state index in [0.29, 0.717) is 47.7 Å². The summed E-state index contributed by atoms with van der Waals surface area (Å²) in [5.74, 6) is 0.617. The van der Waals surface area contributed by atoms with E-state index in [9.17, 15) is 9.59 Å². The standard InChI is InChI=1S/C15H20ClN3O2S.ClH/c16-13-3-2-12(22-13)15(21)18-7-5-11-10(9-18)1-4-14(20)19(11)8-6-17;/h2-3,10-11H,1,4-9,17H2;1H/t10-,11+;/m0./s1. The van der Waals surface area contributed by atoms with Crippen LogP contribution in [0.5, 0.6) is 0 Å². The molecule has 2 amide bonds. The average molecular weight is 378 g/mol. The molecule has 1 aromatic rings. The summed E-state index contributed by atoms with van der Waals surface area (Å²) in [6.45, 7) is 2.51. The molecule has 3 rings (SSSR count). The highest BCUT2D eigenvalue weighted by atomic mass is 35.5. The number of rotatable bonds is 3. The number of amides is 2. The maximum atomic E-state index is 12.5. The molecule has 8 heteroatoms. The van der Waals surface area contributed by atoms with Gasteiger partial charge < -0.3 is 15.5 Å². The second-order valence-electron chi connectivity index (χ2n) is 5.89. The number of nitrogens with zero attached hydrogens (tertiary/aromatic N) is 2. The van der Waals surface area contributed by atoms with Gasteiger partial charge >= 0.3 is 0 Å². The Labute approximate surface area is 151 Å². The summed E-state index contributed by atoms with van der Waals surface area (Å²) < 4.78 is 0.635. The number of hydrogen-bond acceptors (Lipinski definition) is 4. The number of nitrogens with two attached hydrogens (primary N) is 1. The van der Waals surface area contributed by atoms with Gasteiger partial charge in [0.05, 0.1) is 9.21 Å². The van der Waals surface area contributed by atoms with Crippen LogP contribution in [0.4, 0.5) is 0 Å². The van der Waals surface area contributed by atoms with E-state index in [1.54, 1.807) is 12.1 Å². The summed E-state index contributed by atoms with van der Waals surface area (Å²) in [6.07, 6.45) is 2.26. The van der Waals surface area contributed by atoms with Crippen LogP contribution in [0.1, 0.15) is 28.9 Å². The van der Waals surface area contributed by atoms with Gasteiger partial charge in [-0.25, -0.2) is 0 Å². The van der Waals surface area contributed by atoms with Crippen molar-refractivity contribution in [2.75, 3.05) is 26.2 Å². The summed E-state index contributed by atoms with van der Waals surface area (Å²) in [5, 5.41) is 0. The van der Waals surface area contributed by atoms with E-state index in [1.165, 1.54) is 11.3 Å². The number of carbonyl (C=O) groups is 2. The van der Waals surface area contributed by atoms with Gasteiger partial charge in [0.2, 0.25) is 5.91 Å². The zero-order valence-electron chi connectivity index (χ0n) is 12.7. The van der Waals surface area contributed by atoms with Crippen LogP contribution in [-0.2, 0) is 4.79 Å². The SMILES string of the molecule is Cl.NCCN1C(=O)CC[C@H]2CN(C(=O)c3ccc(Cl)s3)CC[C@H]21. The Hall–Kier alpha value is -0.820. The van der Waals surface area contributed by atoms with E-state index < -0.39 is 0 Å². The molecule has 0 spiro atoms. The Morgan fingerprint density at radius 1 is 1.39 bits per heavy atom. The van der Waals surface area contributed by atoms with Crippen molar-refractivity contribution in [2.24, 2.45) is 11.7 Å². The van der Waals surface area contributed by atoms with Crippen LogP contribution in [0.2, 0.25) is 4.34 Å². The Kier molecular flexibility index (Phi) is 6.31. The van der Waals surface area contributed by atoms with Crippen LogP contribution in [0, 0.1) is 5.92 Å². The van der Waals surface area contributed by atoms with Crippen molar-refractivity contribution in [1.29, 1.82) is 0 Å². The molecular weight excluding hydrogens is 357 g/mol. The van der Waals surface area contributed by atoms with Gasteiger partial charge in [0.25, 0.3) is 5.91 Å². The minimum atomic E-state index is 0. The van der Waals surface area contributed by atoms with Gasteiger partial charge in [-0.05, 0) is 30.9 Å². The zero-order chi connectivity index (χ0) is 15.7. The van der Waals surface area contributed by atoms with Gasteiger partial charge in [0.1, 0.15) is 0 Å². The summed E-state index contributed by atoms with van der Waals surface area (Å²) in [6, 6.07) is 3.78. The van der Waals surface area contributed by atoms with Crippen molar-refractivity contribution in [3.05, 3.63) is 21.3 Å². The zero-order valence-corrected chi connectivity index (χ0v) is 15.1. The number of piperidine rings is 2. The number of hydrogen-bond donors (Lipinski definition) is 1. The maximum absolute atomic E-state index is 12.5. The fourth-order valence-corrected chi connectivity index (χ4v) is 4.56. The molecule has 3 heterocycles. The molecule has 2 N–H and O–H groups in total. The lowest BCUT2D eigenvalue weighted by atomic mass is 9.83. The van der Waals surface area contributed by atoms with Gasteiger partial charge in [-0.2, -0.15) is 0 Å². The molecule has 0 unspecified atom stereocenters. The normalized spacial score (nSPS) is 24.2. The first-order valence-corrected chi connectivity index (χ1v) is 8.83. The first kappa shape index (κ1) is 18.5. The topological polar surface area (TPSA) is 66.6 Å². The van der Waals surface area contributed by atoms with Gasteiger partial charge in [-0.3, -0.25) is 9.59 Å². The second kappa shape index (κ2) is 7.83. The number of carbonyl (C=O) groups excluding carboxylic acids is 2. The Morgan fingerprint density at radius 3 is 2.83 bits per heavy atom. The van der Waals surface area contributed by atoms with Crippen LogP contribution in [0.3, 0.4) is 0 Å². The minimum Gasteiger partial charge on any atom is -0.338 e. The Bertz CT molecular complexity index is 581. The number of thiophene rings is 1. The molecule has 2 fully saturated rings. The third kappa shape index (κ3) is 3.82. The smallest absolute Gasteiger partial charge is 0.263 e. The predicted molar refractivity (Wildman–Crippen MR) is 94.4 cm³/mol. The van der Waals surface area contributed by atoms with Gasteiger partial charge in [-0.15, -0.1) is 23.7 Å². The molecule has 2 saturated heterocycles. The fraction of sp³-hybridized carbons (Fsp3) is 0.600. The molecule has 128 valence electrons. The van der Waals surface area contributed by atoms with Gasteiger partial charge in [-0.1, -0.05) is 11.6 Å². The van der Waals surface area contributed by atoms with Crippen molar-refractivity contribution in [3.63, 3.8) is 0 Å². The molecule has 0 bridgehead atoms. The molecule has 0 radical (unpaired) electrons. The number of halogens is 2. The van der Waals surface area contributed by atoms with E-state index in [1.807, 2.05) is 9.80 Å². The summed E-state index contributed by atoms with van der Waals surface area (Å²) in [5.41, 5.74) is 5.63. The van der Waals surface area contributed by atoms with Crippen LogP contribution >= 0.6 is 35.3 Å². The molecule has 2 atom stereocenters. The van der Waals surface area contributed by atoms with Gasteiger partial charge in [0, 0.05) is 38.6 Å². The number of fused-ring (bicyclic) bond motifs is 1. The van der Waals surface area contributed by atoms with Crippen LogP contribution in [0.15, 0.2) is 12.1 Å². The highest BCUT2D eigenvalue weighted by Gasteiger charge is 2.40. The van der Waals surface area contributed by atoms with Crippen LogP contribution < -0.4 is 5.73 Å². The van der Waals surface area contributed by atoms with Crippen molar-refractivity contribution in [3.8, 4) is 0 Å². The van der Waals surface area contributed by atoms with Gasteiger partial charge in [0.15, 0.2) is 0 Å². The number of likely N-dealkylation sites (tertiary alicyclic amines) is 2. The lowest BCUT2D eigenvalue weighted by Gasteiger charge is -2.47. The largest absolute Gasteiger partial charge is 0.338 e. The minimum absolute atomic E-state index is 0. The summed E-state index contributed by atoms with van der Waals surface area (Å²) in [7, 11) is 0. The molecule has 1 aromatic heterocycles. The molecule has 0 saturated carbocycles. The van der Waals surface area contributed by atoms with Crippen LogP contribution in [-0.4, -0.2) is 53.8 Å². The maximum Gasteiger partial charge on any atom is 0.263 e. The van der Waals surface area contributed by atoms with Crippen molar-refractivity contribution >= 4 is 47.2 Å². The van der Waals surface area contributed by atoms with Crippen molar-refractivity contribution in [2.45, 2.75) is 25.3 Å². The lowest BCUT2D eigenvalue weighted by molar-refractivity contribution is -0.140. The molecule has 23 heavy (non-hydrogen) atoms. The Morgan fingerprint density at radius 2 is 2.17 bits per heavy atom. The lowest BCUT2D eigenvalue weighted by Crippen LogP contribution is -2.57.